The van der Waals surface area contributed by atoms with Crippen molar-refractivity contribution in [3.8, 4) is 111 Å². The van der Waals surface area contributed by atoms with Gasteiger partial charge in [0.15, 0.2) is 0 Å². The smallest absolute Gasteiger partial charge is 0.00260 e. The third-order valence-electron chi connectivity index (χ3n) is 26.4. The molecule has 0 aromatic heterocycles. The second-order valence-corrected chi connectivity index (χ2v) is 36.4. The van der Waals surface area contributed by atoms with E-state index >= 15 is 0 Å². The average molecular weight is 1640 g/mol. The average Bonchev–Trinajstić information content (AvgIpc) is 0.727. The predicted molar refractivity (Wildman–Crippen MR) is 556 cm³/mol. The van der Waals surface area contributed by atoms with E-state index < -0.39 is 0 Å². The molecule has 0 aliphatic carbocycles. The number of aryl methyl sites for hydroxylation is 1. The molecule has 0 heterocycles. The summed E-state index contributed by atoms with van der Waals surface area (Å²) in [7, 11) is 0. The summed E-state index contributed by atoms with van der Waals surface area (Å²) >= 11 is 0. The first-order valence-electron chi connectivity index (χ1n) is 45.1. The topological polar surface area (TPSA) is 0 Å². The van der Waals surface area contributed by atoms with Gasteiger partial charge in [0.05, 0.1) is 0 Å². The van der Waals surface area contributed by atoms with Crippen molar-refractivity contribution in [2.75, 3.05) is 0 Å². The molecule has 0 nitrogen and oxygen atoms in total. The molecule has 0 radical (unpaired) electrons. The van der Waals surface area contributed by atoms with Crippen LogP contribution in [0.5, 0.6) is 0 Å². The normalized spacial score (nSPS) is 11.7. The number of hydrogen-bond donors (Lipinski definition) is 0. The molecule has 0 spiro atoms. The van der Waals surface area contributed by atoms with Gasteiger partial charge in [-0.25, -0.2) is 0 Å². The fourth-order valence-corrected chi connectivity index (χ4v) is 19.9. The van der Waals surface area contributed by atoms with E-state index in [1.54, 1.807) is 0 Å². The summed E-state index contributed by atoms with van der Waals surface area (Å²) in [5.41, 5.74) is 29.4. The van der Waals surface area contributed by atoms with Crippen LogP contribution in [-0.2, 0) is 17.3 Å². The van der Waals surface area contributed by atoms with Crippen molar-refractivity contribution in [1.82, 2.24) is 0 Å². The zero-order valence-electron chi connectivity index (χ0n) is 73.5. The number of benzene rings is 23. The third-order valence-corrected chi connectivity index (χ3v) is 26.4. The molecule has 0 bridgehead atoms. The van der Waals surface area contributed by atoms with Crippen LogP contribution in [0.25, 0.3) is 219 Å². The molecule has 0 aliphatic rings. The molecule has 0 saturated carbocycles. The summed E-state index contributed by atoms with van der Waals surface area (Å²) in [5.74, 6) is 0. The quantitative estimate of drug-likeness (QED) is 0.113. The molecule has 0 aliphatic heterocycles. The zero-order valence-corrected chi connectivity index (χ0v) is 73.5. The van der Waals surface area contributed by atoms with Crippen LogP contribution in [0.15, 0.2) is 455 Å². The van der Waals surface area contributed by atoms with Crippen LogP contribution in [0, 0.1) is 0 Å². The first kappa shape index (κ1) is 79.8. The number of rotatable bonds is 11. The summed E-state index contributed by atoms with van der Waals surface area (Å²) in [6.45, 7) is 16.1. The Hall–Kier alpha value is -15.3. The van der Waals surface area contributed by atoms with Crippen molar-refractivity contribution in [1.29, 1.82) is 0 Å². The van der Waals surface area contributed by atoms with E-state index in [4.69, 9.17) is 0 Å². The second kappa shape index (κ2) is 33.6. The first-order valence-corrected chi connectivity index (χ1v) is 45.1. The maximum absolute atomic E-state index is 2.44. The van der Waals surface area contributed by atoms with E-state index in [2.05, 4.69) is 503 Å². The molecule has 23 aromatic carbocycles. The molecule has 23 rings (SSSR count). The standard InChI is InChI=1S/C48H34.C42H34.C38H30/c1-2-32-27-28-45-46(29-32)48(38-20-10-18-36(31-38)42-26-12-16-34-14-4-6-22-40(34)42)44-24-8-7-23-43(44)47(45)37-19-9-17-35(30-37)41-25-11-15-33-13-3-5-21-39(33)41;1-42(2,3)35-24-25-38-39(28-35)41(34-21-13-19-32(27-34)30-16-8-5-9-17-30)37-23-11-10-22-36(37)40(38)33-20-12-18-31(26-33)29-14-6-4-7-15-29;1-38(2,3)31-20-21-34-35(24-31)37(30-19-17-26-11-5-7-13-28(26)23-30)33-15-9-8-14-32(33)36(34)29-18-16-25-10-4-6-12-27(25)22-29/h3-31H,2H2,1H3;4-28H,1-3H3;4-24H,1-3H3. The summed E-state index contributed by atoms with van der Waals surface area (Å²) < 4.78 is 0. The van der Waals surface area contributed by atoms with Crippen molar-refractivity contribution in [3.05, 3.63) is 472 Å². The Morgan fingerprint density at radius 3 is 0.758 bits per heavy atom. The lowest BCUT2D eigenvalue weighted by molar-refractivity contribution is 0.591. The van der Waals surface area contributed by atoms with Crippen molar-refractivity contribution in [2.45, 2.75) is 65.7 Å². The lowest BCUT2D eigenvalue weighted by Gasteiger charge is -2.23. The lowest BCUT2D eigenvalue weighted by Crippen LogP contribution is -2.10. The van der Waals surface area contributed by atoms with Gasteiger partial charge in [0.2, 0.25) is 0 Å². The van der Waals surface area contributed by atoms with Crippen molar-refractivity contribution in [2.24, 2.45) is 0 Å². The Kier molecular flexibility index (Phi) is 21.0. The second-order valence-electron chi connectivity index (χ2n) is 36.4. The maximum atomic E-state index is 2.44. The van der Waals surface area contributed by atoms with Crippen LogP contribution in [0.2, 0.25) is 0 Å². The lowest BCUT2D eigenvalue weighted by atomic mass is 9.81. The summed E-state index contributed by atoms with van der Waals surface area (Å²) in [5, 5.41) is 25.6. The molecule has 610 valence electrons. The predicted octanol–water partition coefficient (Wildman–Crippen LogP) is 36.4. The van der Waals surface area contributed by atoms with E-state index in [0.29, 0.717) is 0 Å². The van der Waals surface area contributed by atoms with Gasteiger partial charge in [-0.05, 0) is 301 Å². The Morgan fingerprint density at radius 1 is 0.148 bits per heavy atom. The van der Waals surface area contributed by atoms with Gasteiger partial charge >= 0.3 is 0 Å². The highest BCUT2D eigenvalue weighted by Crippen LogP contribution is 2.51. The van der Waals surface area contributed by atoms with Gasteiger partial charge in [-0.2, -0.15) is 0 Å². The van der Waals surface area contributed by atoms with Gasteiger partial charge in [0.25, 0.3) is 0 Å². The molecule has 23 aromatic rings. The Morgan fingerprint density at radius 2 is 0.398 bits per heavy atom. The first-order chi connectivity index (χ1) is 62.7. The Labute approximate surface area is 751 Å². The molecule has 0 atom stereocenters. The van der Waals surface area contributed by atoms with Crippen LogP contribution in [0.4, 0.5) is 0 Å². The Balaban J connectivity index is 0.000000118. The summed E-state index contributed by atoms with van der Waals surface area (Å²) in [6, 6.07) is 168. The highest BCUT2D eigenvalue weighted by Gasteiger charge is 2.26. The van der Waals surface area contributed by atoms with Crippen molar-refractivity contribution >= 4 is 108 Å². The van der Waals surface area contributed by atoms with E-state index in [0.717, 1.165) is 6.42 Å². The molecule has 0 heteroatoms. The van der Waals surface area contributed by atoms with E-state index in [9.17, 15) is 0 Å². The summed E-state index contributed by atoms with van der Waals surface area (Å²) in [4.78, 5) is 0. The van der Waals surface area contributed by atoms with E-state index in [1.165, 1.54) is 236 Å². The van der Waals surface area contributed by atoms with Gasteiger partial charge in [-0.15, -0.1) is 0 Å². The van der Waals surface area contributed by atoms with Crippen LogP contribution < -0.4 is 0 Å². The van der Waals surface area contributed by atoms with Crippen molar-refractivity contribution in [3.63, 3.8) is 0 Å². The van der Waals surface area contributed by atoms with Gasteiger partial charge in [-0.3, -0.25) is 0 Å². The van der Waals surface area contributed by atoms with E-state index in [1.807, 2.05) is 0 Å². The molecule has 0 fully saturated rings. The monoisotopic (exact) mass is 1630 g/mol. The summed E-state index contributed by atoms with van der Waals surface area (Å²) in [6.07, 6.45) is 0.990. The molecule has 0 unspecified atom stereocenters. The van der Waals surface area contributed by atoms with Crippen LogP contribution in [0.1, 0.15) is 65.2 Å². The van der Waals surface area contributed by atoms with Crippen LogP contribution >= 0.6 is 0 Å². The molecule has 0 N–H and O–H groups in total. The fraction of sp³-hybridized carbons (Fsp3) is 0.0781. The van der Waals surface area contributed by atoms with Crippen LogP contribution in [-0.4, -0.2) is 0 Å². The number of fused-ring (bicyclic) bond motifs is 10. The largest absolute Gasteiger partial charge is 0.0622 e. The van der Waals surface area contributed by atoms with Gasteiger partial charge in [0.1, 0.15) is 0 Å². The van der Waals surface area contributed by atoms with Gasteiger partial charge in [-0.1, -0.05) is 455 Å². The van der Waals surface area contributed by atoms with Crippen LogP contribution in [0.3, 0.4) is 0 Å². The molecular formula is C128H98. The zero-order chi connectivity index (χ0) is 86.6. The van der Waals surface area contributed by atoms with Gasteiger partial charge in [0, 0.05) is 0 Å². The molecule has 0 amide bonds. The highest BCUT2D eigenvalue weighted by atomic mass is 14.3. The maximum Gasteiger partial charge on any atom is -0.00260 e. The Bertz CT molecular complexity index is 8220. The molecule has 128 heavy (non-hydrogen) atoms. The third kappa shape index (κ3) is 15.1. The minimum Gasteiger partial charge on any atom is -0.0622 e. The highest BCUT2D eigenvalue weighted by molar-refractivity contribution is 6.25. The number of hydrogen-bond acceptors (Lipinski definition) is 0. The molecule has 0 saturated heterocycles. The SMILES string of the molecule is CC(C)(C)c1ccc2c(-c3ccc4ccccc4c3)c3ccccc3c(-c3ccc4ccccc4c3)c2c1.CC(C)(C)c1ccc2c(-c3cccc(-c4ccccc4)c3)c3ccccc3c(-c3cccc(-c4ccccc4)c3)c2c1.CCc1ccc2c(-c3cccc(-c4cccc5ccccc45)c3)c3ccccc3c(-c3cccc(-c4cccc5ccccc45)c3)c2c1. The fourth-order valence-electron chi connectivity index (χ4n) is 19.9. The molecular weight excluding hydrogens is 1540 g/mol. The van der Waals surface area contributed by atoms with Crippen molar-refractivity contribution < 1.29 is 0 Å². The minimum absolute atomic E-state index is 0.0381. The van der Waals surface area contributed by atoms with Gasteiger partial charge < -0.3 is 0 Å². The minimum atomic E-state index is 0.0381. The van der Waals surface area contributed by atoms with E-state index in [-0.39, 0.29) is 10.8 Å².